The number of ketones is 1. The molecule has 1 heterocycles. The molecule has 0 N–H and O–H groups in total. The topological polar surface area (TPSA) is 56.5 Å². The average Bonchev–Trinajstić information content (AvgIpc) is 2.61. The number of benzene rings is 2. The fraction of sp³-hybridized carbons (Fsp3) is 0.158. The van der Waals surface area contributed by atoms with Gasteiger partial charge in [-0.05, 0) is 42.5 Å². The van der Waals surface area contributed by atoms with Crippen molar-refractivity contribution in [1.82, 2.24) is 0 Å². The number of hydrogen-bond acceptors (Lipinski definition) is 4. The number of rotatable bonds is 4. The summed E-state index contributed by atoms with van der Waals surface area (Å²) in [6.07, 6.45) is 0.372. The Bertz CT molecular complexity index is 971. The molecule has 0 aliphatic heterocycles. The first-order chi connectivity index (χ1) is 11.5. The van der Waals surface area contributed by atoms with E-state index in [1.807, 2.05) is 0 Å². The number of carbonyl (C=O) groups excluding carboxylic acids is 1. The van der Waals surface area contributed by atoms with Gasteiger partial charge in [-0.2, -0.15) is 0 Å². The molecule has 2 aromatic carbocycles. The molecule has 0 fully saturated rings. The van der Waals surface area contributed by atoms with Crippen molar-refractivity contribution < 1.29 is 13.9 Å². The summed E-state index contributed by atoms with van der Waals surface area (Å²) >= 11 is 5.90. The highest BCUT2D eigenvalue weighted by Gasteiger charge is 2.18. The molecule has 1 aromatic heterocycles. The minimum absolute atomic E-state index is 0.0305. The first kappa shape index (κ1) is 16.3. The Labute approximate surface area is 143 Å². The van der Waals surface area contributed by atoms with Gasteiger partial charge in [0.1, 0.15) is 5.58 Å². The van der Waals surface area contributed by atoms with Gasteiger partial charge in [0, 0.05) is 22.6 Å². The SMILES string of the molecule is CCC(=O)c1ccc2oc(-c3ccc(Cl)cc3)c(OC)c(=O)c2c1. The maximum absolute atomic E-state index is 12.8. The number of hydrogen-bond donors (Lipinski definition) is 0. The number of methoxy groups -OCH3 is 1. The van der Waals surface area contributed by atoms with Crippen LogP contribution in [0, 0.1) is 0 Å². The Hall–Kier alpha value is -2.59. The van der Waals surface area contributed by atoms with E-state index in [0.717, 1.165) is 0 Å². The highest BCUT2D eigenvalue weighted by atomic mass is 35.5. The normalized spacial score (nSPS) is 10.8. The highest BCUT2D eigenvalue weighted by Crippen LogP contribution is 2.31. The van der Waals surface area contributed by atoms with E-state index >= 15 is 0 Å². The lowest BCUT2D eigenvalue weighted by Gasteiger charge is -2.09. The molecule has 3 aromatic rings. The van der Waals surface area contributed by atoms with Crippen molar-refractivity contribution in [1.29, 1.82) is 0 Å². The van der Waals surface area contributed by atoms with Crippen molar-refractivity contribution in [3.8, 4) is 17.1 Å². The first-order valence-electron chi connectivity index (χ1n) is 7.49. The smallest absolute Gasteiger partial charge is 0.235 e. The van der Waals surface area contributed by atoms with Crippen LogP contribution in [0.15, 0.2) is 51.7 Å². The van der Waals surface area contributed by atoms with Crippen molar-refractivity contribution in [3.63, 3.8) is 0 Å². The predicted octanol–water partition coefficient (Wildman–Crippen LogP) is 4.71. The Morgan fingerprint density at radius 3 is 2.50 bits per heavy atom. The lowest BCUT2D eigenvalue weighted by molar-refractivity contribution is 0.0988. The molecule has 0 atom stereocenters. The van der Waals surface area contributed by atoms with Gasteiger partial charge in [-0.25, -0.2) is 0 Å². The molecule has 0 saturated carbocycles. The van der Waals surface area contributed by atoms with E-state index in [1.54, 1.807) is 49.4 Å². The maximum atomic E-state index is 12.8. The lowest BCUT2D eigenvalue weighted by Crippen LogP contribution is -2.08. The van der Waals surface area contributed by atoms with E-state index in [1.165, 1.54) is 7.11 Å². The van der Waals surface area contributed by atoms with Gasteiger partial charge in [0.25, 0.3) is 0 Å². The molecule has 4 nitrogen and oxygen atoms in total. The summed E-state index contributed by atoms with van der Waals surface area (Å²) in [5.74, 6) is 0.407. The van der Waals surface area contributed by atoms with E-state index < -0.39 is 0 Å². The third-order valence-corrected chi connectivity index (χ3v) is 4.05. The quantitative estimate of drug-likeness (QED) is 0.644. The zero-order chi connectivity index (χ0) is 17.3. The van der Waals surface area contributed by atoms with Crippen LogP contribution >= 0.6 is 11.6 Å². The second-order valence-electron chi connectivity index (χ2n) is 5.29. The Kier molecular flexibility index (Phi) is 4.40. The monoisotopic (exact) mass is 342 g/mol. The number of ether oxygens (including phenoxy) is 1. The van der Waals surface area contributed by atoms with Crippen LogP contribution in [0.2, 0.25) is 5.02 Å². The molecular weight excluding hydrogens is 328 g/mol. The van der Waals surface area contributed by atoms with E-state index in [4.69, 9.17) is 20.8 Å². The summed E-state index contributed by atoms with van der Waals surface area (Å²) < 4.78 is 11.2. The second-order valence-corrected chi connectivity index (χ2v) is 5.72. The van der Waals surface area contributed by atoms with Gasteiger partial charge in [0.05, 0.1) is 12.5 Å². The van der Waals surface area contributed by atoms with E-state index in [9.17, 15) is 9.59 Å². The molecule has 0 bridgehead atoms. The van der Waals surface area contributed by atoms with Gasteiger partial charge < -0.3 is 9.15 Å². The number of Topliss-reactive ketones (excluding diaryl/α,β-unsaturated/α-hetero) is 1. The Balaban J connectivity index is 2.27. The van der Waals surface area contributed by atoms with Crippen LogP contribution in [0.25, 0.3) is 22.3 Å². The highest BCUT2D eigenvalue weighted by molar-refractivity contribution is 6.30. The van der Waals surface area contributed by atoms with E-state index in [0.29, 0.717) is 39.3 Å². The zero-order valence-electron chi connectivity index (χ0n) is 13.3. The summed E-state index contributed by atoms with van der Waals surface area (Å²) in [5.41, 5.74) is 1.26. The van der Waals surface area contributed by atoms with Gasteiger partial charge in [0.2, 0.25) is 11.2 Å². The van der Waals surface area contributed by atoms with Crippen LogP contribution in [0.5, 0.6) is 5.75 Å². The summed E-state index contributed by atoms with van der Waals surface area (Å²) in [6, 6.07) is 11.8. The third kappa shape index (κ3) is 2.81. The molecule has 0 radical (unpaired) electrons. The largest absolute Gasteiger partial charge is 0.490 e. The van der Waals surface area contributed by atoms with Crippen LogP contribution in [-0.4, -0.2) is 12.9 Å². The maximum Gasteiger partial charge on any atom is 0.235 e. The molecule has 0 aliphatic carbocycles. The molecule has 24 heavy (non-hydrogen) atoms. The summed E-state index contributed by atoms with van der Waals surface area (Å²) in [4.78, 5) is 24.6. The molecular formula is C19H15ClO4. The van der Waals surface area contributed by atoms with E-state index in [-0.39, 0.29) is 17.0 Å². The molecule has 122 valence electrons. The Morgan fingerprint density at radius 2 is 1.88 bits per heavy atom. The number of fused-ring (bicyclic) bond motifs is 1. The van der Waals surface area contributed by atoms with Gasteiger partial charge in [-0.3, -0.25) is 9.59 Å². The van der Waals surface area contributed by atoms with Crippen LogP contribution in [0.4, 0.5) is 0 Å². The summed E-state index contributed by atoms with van der Waals surface area (Å²) in [7, 11) is 1.42. The second kappa shape index (κ2) is 6.49. The first-order valence-corrected chi connectivity index (χ1v) is 7.87. The third-order valence-electron chi connectivity index (χ3n) is 3.80. The Morgan fingerprint density at radius 1 is 1.17 bits per heavy atom. The molecule has 5 heteroatoms. The van der Waals surface area contributed by atoms with Gasteiger partial charge in [0.15, 0.2) is 11.5 Å². The van der Waals surface area contributed by atoms with Crippen LogP contribution in [-0.2, 0) is 0 Å². The molecule has 0 saturated heterocycles. The van der Waals surface area contributed by atoms with Crippen molar-refractivity contribution in [3.05, 3.63) is 63.3 Å². The van der Waals surface area contributed by atoms with Crippen LogP contribution < -0.4 is 10.2 Å². The van der Waals surface area contributed by atoms with Gasteiger partial charge in [-0.1, -0.05) is 18.5 Å². The zero-order valence-corrected chi connectivity index (χ0v) is 14.0. The standard InChI is InChI=1S/C19H15ClO4/c1-3-15(21)12-6-9-16-14(10-12)17(22)19(23-2)18(24-16)11-4-7-13(20)8-5-11/h4-10H,3H2,1-2H3. The fourth-order valence-corrected chi connectivity index (χ4v) is 2.66. The van der Waals surface area contributed by atoms with Gasteiger partial charge >= 0.3 is 0 Å². The van der Waals surface area contributed by atoms with E-state index in [2.05, 4.69) is 0 Å². The molecule has 3 rings (SSSR count). The molecule has 0 aliphatic rings. The number of halogens is 1. The summed E-state index contributed by atoms with van der Waals surface area (Å²) in [6.45, 7) is 1.78. The molecule has 0 unspecified atom stereocenters. The minimum atomic E-state index is -0.311. The van der Waals surface area contributed by atoms with Gasteiger partial charge in [-0.15, -0.1) is 0 Å². The minimum Gasteiger partial charge on any atom is -0.490 e. The molecule has 0 amide bonds. The van der Waals surface area contributed by atoms with Crippen molar-refractivity contribution in [2.75, 3.05) is 7.11 Å². The van der Waals surface area contributed by atoms with Crippen molar-refractivity contribution in [2.45, 2.75) is 13.3 Å². The molecule has 0 spiro atoms. The predicted molar refractivity (Wildman–Crippen MR) is 94.1 cm³/mol. The average molecular weight is 343 g/mol. The summed E-state index contributed by atoms with van der Waals surface area (Å²) in [5, 5.41) is 0.910. The van der Waals surface area contributed by atoms with Crippen molar-refractivity contribution in [2.24, 2.45) is 0 Å². The fourth-order valence-electron chi connectivity index (χ4n) is 2.53. The van der Waals surface area contributed by atoms with Crippen LogP contribution in [0.1, 0.15) is 23.7 Å². The van der Waals surface area contributed by atoms with Crippen LogP contribution in [0.3, 0.4) is 0 Å². The number of carbonyl (C=O) groups is 1. The van der Waals surface area contributed by atoms with Crippen molar-refractivity contribution >= 4 is 28.4 Å². The lowest BCUT2D eigenvalue weighted by atomic mass is 10.0.